The van der Waals surface area contributed by atoms with Crippen molar-refractivity contribution in [2.75, 3.05) is 26.9 Å². The summed E-state index contributed by atoms with van der Waals surface area (Å²) in [7, 11) is 1.52. The third kappa shape index (κ3) is 2.98. The number of ether oxygens (including phenoxy) is 9. The number of rotatable bonds is 4. The molecular weight excluding hydrogens is 552 g/mol. The summed E-state index contributed by atoms with van der Waals surface area (Å²) in [5.41, 5.74) is -0.0537. The van der Waals surface area contributed by atoms with Crippen LogP contribution in [0.4, 0.5) is 0 Å². The second-order valence-corrected chi connectivity index (χ2v) is 11.2. The molecule has 5 aliphatic heterocycles. The number of carbonyl (C=O) groups excluding carboxylic acids is 2. The number of hydrogen-bond donors (Lipinski definition) is 1. The number of phenolic OH excluding ortho intramolecular Hbond substituents is 1. The van der Waals surface area contributed by atoms with Gasteiger partial charge in [-0.2, -0.15) is 0 Å². The fourth-order valence-electron chi connectivity index (χ4n) is 7.20. The second kappa shape index (κ2) is 8.45. The Morgan fingerprint density at radius 2 is 1.81 bits per heavy atom. The van der Waals surface area contributed by atoms with E-state index in [1.807, 2.05) is 13.0 Å². The Labute approximate surface area is 239 Å². The number of methoxy groups -OCH3 is 1. The van der Waals surface area contributed by atoms with Crippen LogP contribution < -0.4 is 14.2 Å². The van der Waals surface area contributed by atoms with Crippen LogP contribution in [-0.2, 0) is 38.0 Å². The van der Waals surface area contributed by atoms with Gasteiger partial charge in [0.1, 0.15) is 29.1 Å². The first-order valence-electron chi connectivity index (χ1n) is 13.8. The molecule has 42 heavy (non-hydrogen) atoms. The maximum Gasteiger partial charge on any atom is 0.320 e. The van der Waals surface area contributed by atoms with Crippen LogP contribution in [0.25, 0.3) is 21.5 Å². The Bertz CT molecular complexity index is 1710. The average Bonchev–Trinajstić information content (AvgIpc) is 3.61. The topological polar surface area (TPSA) is 141 Å². The number of aryl methyl sites for hydroxylation is 1. The van der Waals surface area contributed by atoms with Crippen molar-refractivity contribution in [3.63, 3.8) is 0 Å². The van der Waals surface area contributed by atoms with Gasteiger partial charge in [-0.15, -0.1) is 0 Å². The molecule has 12 nitrogen and oxygen atoms in total. The first-order valence-corrected chi connectivity index (χ1v) is 13.8. The Morgan fingerprint density at radius 3 is 2.48 bits per heavy atom. The maximum absolute atomic E-state index is 12.7. The van der Waals surface area contributed by atoms with Gasteiger partial charge in [0.15, 0.2) is 6.10 Å². The molecule has 5 heterocycles. The van der Waals surface area contributed by atoms with E-state index in [9.17, 15) is 14.7 Å². The van der Waals surface area contributed by atoms with E-state index in [2.05, 4.69) is 0 Å². The zero-order valence-electron chi connectivity index (χ0n) is 23.3. The van der Waals surface area contributed by atoms with E-state index in [1.165, 1.54) is 21.0 Å². The molecule has 8 rings (SSSR count). The first-order chi connectivity index (χ1) is 20.2. The molecule has 0 aliphatic carbocycles. The number of epoxide rings is 1. The normalized spacial score (nSPS) is 32.6. The van der Waals surface area contributed by atoms with Crippen molar-refractivity contribution >= 4 is 33.5 Å². The number of phenols is 1. The van der Waals surface area contributed by atoms with Gasteiger partial charge in [-0.05, 0) is 31.0 Å². The lowest BCUT2D eigenvalue weighted by atomic mass is 9.78. The molecule has 0 radical (unpaired) electrons. The maximum atomic E-state index is 12.7. The number of aromatic hydroxyl groups is 1. The molecule has 5 aliphatic rings. The average molecular weight is 581 g/mol. The molecule has 3 aromatic rings. The van der Waals surface area contributed by atoms with Gasteiger partial charge in [0.2, 0.25) is 11.9 Å². The Morgan fingerprint density at radius 1 is 1.05 bits per heavy atom. The van der Waals surface area contributed by atoms with Gasteiger partial charge < -0.3 is 47.7 Å². The van der Waals surface area contributed by atoms with Crippen LogP contribution in [0, 0.1) is 6.92 Å². The lowest BCUT2D eigenvalue weighted by Crippen LogP contribution is -2.71. The largest absolute Gasteiger partial charge is 0.506 e. The van der Waals surface area contributed by atoms with Crippen LogP contribution in [0.2, 0.25) is 0 Å². The predicted molar refractivity (Wildman–Crippen MR) is 141 cm³/mol. The summed E-state index contributed by atoms with van der Waals surface area (Å²) in [5.74, 6) is -3.95. The van der Waals surface area contributed by atoms with E-state index in [0.29, 0.717) is 41.7 Å². The lowest BCUT2D eigenvalue weighted by Gasteiger charge is -2.49. The highest BCUT2D eigenvalue weighted by atomic mass is 16.9. The van der Waals surface area contributed by atoms with Crippen LogP contribution in [0.3, 0.4) is 0 Å². The third-order valence-corrected chi connectivity index (χ3v) is 8.76. The van der Waals surface area contributed by atoms with Crippen LogP contribution in [0.1, 0.15) is 37.5 Å². The highest BCUT2D eigenvalue weighted by Crippen LogP contribution is 2.72. The Hall–Kier alpha value is -3.68. The summed E-state index contributed by atoms with van der Waals surface area (Å²) in [6, 6.07) is 6.92. The molecule has 0 saturated carbocycles. The molecule has 0 amide bonds. The molecule has 3 unspecified atom stereocenters. The predicted octanol–water partition coefficient (Wildman–Crippen LogP) is 3.29. The highest BCUT2D eigenvalue weighted by molar-refractivity contribution is 6.15. The third-order valence-electron chi connectivity index (χ3n) is 8.76. The van der Waals surface area contributed by atoms with Gasteiger partial charge in [-0.3, -0.25) is 9.59 Å². The molecule has 12 heteroatoms. The minimum absolute atomic E-state index is 0.0840. The summed E-state index contributed by atoms with van der Waals surface area (Å²) in [6.45, 7) is 5.38. The van der Waals surface area contributed by atoms with Crippen LogP contribution in [0.5, 0.6) is 23.0 Å². The smallest absolute Gasteiger partial charge is 0.320 e. The van der Waals surface area contributed by atoms with Crippen LogP contribution >= 0.6 is 0 Å². The fraction of sp³-hybridized carbons (Fsp3) is 0.467. The van der Waals surface area contributed by atoms with E-state index < -0.39 is 47.6 Å². The van der Waals surface area contributed by atoms with Crippen molar-refractivity contribution in [2.45, 2.75) is 62.9 Å². The van der Waals surface area contributed by atoms with E-state index >= 15 is 0 Å². The molecule has 1 spiro atoms. The Balaban J connectivity index is 1.43. The van der Waals surface area contributed by atoms with E-state index in [4.69, 9.17) is 42.6 Å². The standard InChI is InChI=1S/C30H28O12/c1-13-11-17-21(22(33)20-16(23(17)34-4)7-5-8-18(20)38-14(2)31)24-19(13)25-26-29(40-24,39-15(3)32)28(12-37-28)30(41-25,42-26)27-35-9-6-10-36-27/h5,7-8,11,25-27,33H,6,9-10,12H2,1-4H3/t25?,26?,28-,29+,30?/m0/s1. The van der Waals surface area contributed by atoms with Gasteiger partial charge in [0.25, 0.3) is 5.79 Å². The summed E-state index contributed by atoms with van der Waals surface area (Å²) in [5, 5.41) is 13.5. The summed E-state index contributed by atoms with van der Waals surface area (Å²) < 4.78 is 55.3. The minimum atomic E-state index is -1.79. The van der Waals surface area contributed by atoms with Gasteiger partial charge in [-0.25, -0.2) is 0 Å². The minimum Gasteiger partial charge on any atom is -0.506 e. The van der Waals surface area contributed by atoms with Crippen LogP contribution in [0.15, 0.2) is 24.3 Å². The number of hydrogen-bond acceptors (Lipinski definition) is 12. The second-order valence-electron chi connectivity index (χ2n) is 11.2. The molecule has 3 aromatic carbocycles. The van der Waals surface area contributed by atoms with Crippen molar-refractivity contribution in [3.8, 4) is 23.0 Å². The van der Waals surface area contributed by atoms with E-state index in [0.717, 1.165) is 5.56 Å². The van der Waals surface area contributed by atoms with Crippen molar-refractivity contribution in [1.29, 1.82) is 0 Å². The van der Waals surface area contributed by atoms with Gasteiger partial charge >= 0.3 is 17.7 Å². The number of fused-ring (bicyclic) bond motifs is 8. The van der Waals surface area contributed by atoms with E-state index in [-0.39, 0.29) is 34.6 Å². The van der Waals surface area contributed by atoms with Crippen LogP contribution in [-0.4, -0.2) is 73.5 Å². The molecule has 4 saturated heterocycles. The van der Waals surface area contributed by atoms with Crippen molar-refractivity contribution in [3.05, 3.63) is 35.4 Å². The molecule has 2 bridgehead atoms. The summed E-state index contributed by atoms with van der Waals surface area (Å²) in [4.78, 5) is 24.6. The highest BCUT2D eigenvalue weighted by Gasteiger charge is 2.94. The first kappa shape index (κ1) is 26.0. The monoisotopic (exact) mass is 580 g/mol. The quantitative estimate of drug-likeness (QED) is 0.210. The zero-order chi connectivity index (χ0) is 29.2. The Kier molecular flexibility index (Phi) is 5.23. The molecule has 220 valence electrons. The SMILES string of the molecule is COc1c2cccc(OC(C)=O)c2c(O)c2c3c(c(C)cc12)C1OC2(C4OCCCO4)OC1[C@@](OC(C)=O)(O3)[C@@]21CO1. The molecular formula is C30H28O12. The lowest BCUT2D eigenvalue weighted by molar-refractivity contribution is -0.363. The van der Waals surface area contributed by atoms with Crippen molar-refractivity contribution < 1.29 is 57.3 Å². The molecule has 4 fully saturated rings. The molecule has 1 N–H and O–H groups in total. The van der Waals surface area contributed by atoms with Crippen molar-refractivity contribution in [1.82, 2.24) is 0 Å². The van der Waals surface area contributed by atoms with Gasteiger partial charge in [0.05, 0.1) is 37.7 Å². The number of carbonyl (C=O) groups is 2. The molecule has 5 atom stereocenters. The number of benzene rings is 3. The fourth-order valence-corrected chi connectivity index (χ4v) is 7.20. The molecule has 0 aromatic heterocycles. The van der Waals surface area contributed by atoms with Gasteiger partial charge in [0, 0.05) is 30.2 Å². The van der Waals surface area contributed by atoms with Crippen molar-refractivity contribution in [2.24, 2.45) is 0 Å². The number of esters is 2. The van der Waals surface area contributed by atoms with E-state index in [1.54, 1.807) is 18.2 Å². The summed E-state index contributed by atoms with van der Waals surface area (Å²) in [6.07, 6.45) is -1.97. The summed E-state index contributed by atoms with van der Waals surface area (Å²) >= 11 is 0. The van der Waals surface area contributed by atoms with Gasteiger partial charge in [-0.1, -0.05) is 12.1 Å². The zero-order valence-corrected chi connectivity index (χ0v) is 23.3.